The molecule has 3 aliphatic rings. The van der Waals surface area contributed by atoms with Crippen LogP contribution in [-0.4, -0.2) is 34.7 Å². The molecule has 39 heavy (non-hydrogen) atoms. The maximum absolute atomic E-state index is 6.18. The molecule has 2 fully saturated rings. The third kappa shape index (κ3) is 5.85. The van der Waals surface area contributed by atoms with Gasteiger partial charge in [-0.25, -0.2) is 0 Å². The number of hydrogen-bond donors (Lipinski definition) is 2. The summed E-state index contributed by atoms with van der Waals surface area (Å²) in [4.78, 5) is 14.6. The van der Waals surface area contributed by atoms with Crippen molar-refractivity contribution < 1.29 is 0 Å². The zero-order valence-corrected chi connectivity index (χ0v) is 24.2. The van der Waals surface area contributed by atoms with E-state index < -0.39 is 0 Å². The van der Waals surface area contributed by atoms with Crippen molar-refractivity contribution in [3.63, 3.8) is 0 Å². The Labute approximate surface area is 242 Å². The largest absolute Gasteiger partial charge is 0.361 e. The molecule has 2 aromatic carbocycles. The summed E-state index contributed by atoms with van der Waals surface area (Å²) in [5, 5.41) is 8.20. The third-order valence-electron chi connectivity index (χ3n) is 8.67. The Morgan fingerprint density at radius 3 is 2.31 bits per heavy atom. The van der Waals surface area contributed by atoms with Crippen molar-refractivity contribution in [3.05, 3.63) is 76.3 Å². The van der Waals surface area contributed by atoms with E-state index >= 15 is 0 Å². The number of piperidine rings is 1. The Kier molecular flexibility index (Phi) is 7.63. The van der Waals surface area contributed by atoms with E-state index in [0.29, 0.717) is 17.0 Å². The molecule has 6 nitrogen and oxygen atoms in total. The van der Waals surface area contributed by atoms with E-state index in [1.807, 2.05) is 12.1 Å². The number of rotatable bonds is 6. The van der Waals surface area contributed by atoms with Gasteiger partial charge in [-0.05, 0) is 72.6 Å². The molecule has 8 heteroatoms. The van der Waals surface area contributed by atoms with Gasteiger partial charge in [0.15, 0.2) is 5.11 Å². The number of halogens is 1. The smallest absolute Gasteiger partial charge is 0.232 e. The molecule has 6 rings (SSSR count). The van der Waals surface area contributed by atoms with Gasteiger partial charge < -0.3 is 20.4 Å². The van der Waals surface area contributed by atoms with E-state index in [4.69, 9.17) is 33.8 Å². The standard InChI is InChI=1S/C31H37ClN6S/c1-22-7-6-16-37(18-22)27-17-28(38-19-23-8-2-3-9-24(23)20-38)35-29(34-27)36-30(39)33-21-31(14-4-5-15-31)25-10-12-26(32)13-11-25/h2-3,8-13,17,22H,4-7,14-16,18-21H2,1H3,(H2,33,34,35,36,39)/t22-/m0/s1. The lowest BCUT2D eigenvalue weighted by molar-refractivity contribution is 0.435. The van der Waals surface area contributed by atoms with E-state index in [0.717, 1.165) is 62.2 Å². The van der Waals surface area contributed by atoms with Crippen molar-refractivity contribution >= 4 is 46.5 Å². The van der Waals surface area contributed by atoms with Crippen LogP contribution in [-0.2, 0) is 18.5 Å². The summed E-state index contributed by atoms with van der Waals surface area (Å²) in [7, 11) is 0. The summed E-state index contributed by atoms with van der Waals surface area (Å²) in [5.41, 5.74) is 4.11. The molecular weight excluding hydrogens is 524 g/mol. The monoisotopic (exact) mass is 560 g/mol. The SMILES string of the molecule is C[C@H]1CCCN(c2cc(N3Cc4ccccc4C3)nc(NC(=S)NCC3(c4ccc(Cl)cc4)CCCC3)n2)C1. The lowest BCUT2D eigenvalue weighted by Gasteiger charge is -2.33. The number of nitrogens with zero attached hydrogens (tertiary/aromatic N) is 4. The van der Waals surface area contributed by atoms with Crippen molar-refractivity contribution in [1.82, 2.24) is 15.3 Å². The highest BCUT2D eigenvalue weighted by atomic mass is 35.5. The first-order valence-corrected chi connectivity index (χ1v) is 15.0. The number of hydrogen-bond acceptors (Lipinski definition) is 5. The second kappa shape index (κ2) is 11.3. The van der Waals surface area contributed by atoms with Gasteiger partial charge in [0.25, 0.3) is 0 Å². The van der Waals surface area contributed by atoms with E-state index in [-0.39, 0.29) is 5.41 Å². The molecule has 3 aromatic rings. The quantitative estimate of drug-likeness (QED) is 0.326. The molecule has 2 aliphatic heterocycles. The Morgan fingerprint density at radius 2 is 1.64 bits per heavy atom. The molecule has 0 bridgehead atoms. The highest BCUT2D eigenvalue weighted by Gasteiger charge is 2.35. The number of thiocarbonyl (C=S) groups is 1. The van der Waals surface area contributed by atoms with Gasteiger partial charge in [0.2, 0.25) is 5.95 Å². The van der Waals surface area contributed by atoms with Gasteiger partial charge in [0, 0.05) is 49.2 Å². The second-order valence-corrected chi connectivity index (χ2v) is 12.4. The van der Waals surface area contributed by atoms with Crippen LogP contribution in [0, 0.1) is 5.92 Å². The van der Waals surface area contributed by atoms with Crippen LogP contribution in [0.4, 0.5) is 17.6 Å². The Hall–Kier alpha value is -2.90. The predicted molar refractivity (Wildman–Crippen MR) is 165 cm³/mol. The van der Waals surface area contributed by atoms with Gasteiger partial charge in [-0.2, -0.15) is 9.97 Å². The Bertz CT molecular complexity index is 1300. The van der Waals surface area contributed by atoms with Crippen molar-refractivity contribution in [2.45, 2.75) is 64.0 Å². The minimum Gasteiger partial charge on any atom is -0.361 e. The maximum Gasteiger partial charge on any atom is 0.232 e. The molecule has 0 unspecified atom stereocenters. The number of benzene rings is 2. The zero-order valence-electron chi connectivity index (χ0n) is 22.6. The molecule has 0 spiro atoms. The van der Waals surface area contributed by atoms with Gasteiger partial charge >= 0.3 is 0 Å². The first kappa shape index (κ1) is 26.3. The molecule has 3 heterocycles. The van der Waals surface area contributed by atoms with Gasteiger partial charge in [-0.15, -0.1) is 0 Å². The van der Waals surface area contributed by atoms with Crippen LogP contribution in [0.15, 0.2) is 54.6 Å². The molecule has 1 aromatic heterocycles. The summed E-state index contributed by atoms with van der Waals surface area (Å²) in [5.74, 6) is 3.12. The minimum atomic E-state index is 0.0649. The van der Waals surface area contributed by atoms with Crippen LogP contribution < -0.4 is 20.4 Å². The van der Waals surface area contributed by atoms with Crippen molar-refractivity contribution in [2.24, 2.45) is 5.92 Å². The number of fused-ring (bicyclic) bond motifs is 1. The topological polar surface area (TPSA) is 56.3 Å². The summed E-state index contributed by atoms with van der Waals surface area (Å²) in [6, 6.07) is 19.1. The molecule has 1 saturated carbocycles. The van der Waals surface area contributed by atoms with Crippen molar-refractivity contribution in [2.75, 3.05) is 34.8 Å². The molecule has 0 radical (unpaired) electrons. The molecule has 204 valence electrons. The van der Waals surface area contributed by atoms with Crippen LogP contribution in [0.25, 0.3) is 0 Å². The summed E-state index contributed by atoms with van der Waals surface area (Å²) in [6.07, 6.45) is 7.19. The normalized spacial score (nSPS) is 20.1. The zero-order chi connectivity index (χ0) is 26.8. The molecule has 2 N–H and O–H groups in total. The molecule has 1 atom stereocenters. The van der Waals surface area contributed by atoms with Gasteiger partial charge in [-0.3, -0.25) is 0 Å². The number of anilines is 3. The summed E-state index contributed by atoms with van der Waals surface area (Å²) >= 11 is 12.0. The van der Waals surface area contributed by atoms with Crippen LogP contribution in [0.3, 0.4) is 0 Å². The maximum atomic E-state index is 6.18. The molecular formula is C31H37ClN6S. The highest BCUT2D eigenvalue weighted by Crippen LogP contribution is 2.41. The fraction of sp³-hybridized carbons (Fsp3) is 0.452. The Morgan fingerprint density at radius 1 is 0.974 bits per heavy atom. The lowest BCUT2D eigenvalue weighted by atomic mass is 9.79. The van der Waals surface area contributed by atoms with Crippen molar-refractivity contribution in [1.29, 1.82) is 0 Å². The average Bonchev–Trinajstić information content (AvgIpc) is 3.60. The molecule has 1 aliphatic carbocycles. The first-order chi connectivity index (χ1) is 19.0. The first-order valence-electron chi connectivity index (χ1n) is 14.2. The number of aromatic nitrogens is 2. The van der Waals surface area contributed by atoms with Gasteiger partial charge in [-0.1, -0.05) is 67.8 Å². The van der Waals surface area contributed by atoms with Crippen LogP contribution in [0.1, 0.15) is 62.1 Å². The van der Waals surface area contributed by atoms with Crippen LogP contribution in [0.2, 0.25) is 5.02 Å². The Balaban J connectivity index is 1.21. The van der Waals surface area contributed by atoms with Crippen LogP contribution >= 0.6 is 23.8 Å². The van der Waals surface area contributed by atoms with Crippen molar-refractivity contribution in [3.8, 4) is 0 Å². The molecule has 1 saturated heterocycles. The fourth-order valence-electron chi connectivity index (χ4n) is 6.51. The van der Waals surface area contributed by atoms with Gasteiger partial charge in [0.05, 0.1) is 0 Å². The summed E-state index contributed by atoms with van der Waals surface area (Å²) in [6.45, 7) is 6.85. The van der Waals surface area contributed by atoms with E-state index in [2.05, 4.69) is 69.8 Å². The van der Waals surface area contributed by atoms with Gasteiger partial charge in [0.1, 0.15) is 11.6 Å². The van der Waals surface area contributed by atoms with E-state index in [1.54, 1.807) is 0 Å². The third-order valence-corrected chi connectivity index (χ3v) is 9.17. The fourth-order valence-corrected chi connectivity index (χ4v) is 6.80. The second-order valence-electron chi connectivity index (χ2n) is 11.5. The predicted octanol–water partition coefficient (Wildman–Crippen LogP) is 6.68. The lowest BCUT2D eigenvalue weighted by Crippen LogP contribution is -2.41. The molecule has 0 amide bonds. The van der Waals surface area contributed by atoms with E-state index in [1.165, 1.54) is 42.4 Å². The van der Waals surface area contributed by atoms with E-state index in [9.17, 15) is 0 Å². The minimum absolute atomic E-state index is 0.0649. The average molecular weight is 561 g/mol. The van der Waals surface area contributed by atoms with Crippen LogP contribution in [0.5, 0.6) is 0 Å². The highest BCUT2D eigenvalue weighted by molar-refractivity contribution is 7.80. The number of nitrogens with one attached hydrogen (secondary N) is 2. The summed E-state index contributed by atoms with van der Waals surface area (Å²) < 4.78 is 0.